The van der Waals surface area contributed by atoms with Gasteiger partial charge in [-0.1, -0.05) is 0 Å². The van der Waals surface area contributed by atoms with Gasteiger partial charge in [-0.2, -0.15) is 0 Å². The summed E-state index contributed by atoms with van der Waals surface area (Å²) in [5, 5.41) is 7.47. The van der Waals surface area contributed by atoms with Crippen molar-refractivity contribution in [3.8, 4) is 0 Å². The molecule has 6 nitrogen and oxygen atoms in total. The molecule has 2 N–H and O–H groups in total. The molecule has 7 heteroatoms. The lowest BCUT2D eigenvalue weighted by molar-refractivity contribution is 0.0955. The van der Waals surface area contributed by atoms with Gasteiger partial charge in [-0.3, -0.25) is 4.79 Å². The quantitative estimate of drug-likeness (QED) is 0.876. The highest BCUT2D eigenvalue weighted by molar-refractivity contribution is 7.13. The van der Waals surface area contributed by atoms with Gasteiger partial charge >= 0.3 is 0 Å². The Morgan fingerprint density at radius 1 is 1.43 bits per heavy atom. The molecule has 0 unspecified atom stereocenters. The van der Waals surface area contributed by atoms with Crippen molar-refractivity contribution in [1.29, 1.82) is 0 Å². The van der Waals surface area contributed by atoms with E-state index in [0.717, 1.165) is 53.9 Å². The van der Waals surface area contributed by atoms with Crippen LogP contribution in [0.25, 0.3) is 0 Å². The first-order valence-corrected chi connectivity index (χ1v) is 8.91. The molecule has 124 valence electrons. The van der Waals surface area contributed by atoms with Crippen LogP contribution in [0.15, 0.2) is 12.4 Å². The molecule has 3 rings (SSSR count). The number of rotatable bonds is 5. The highest BCUT2D eigenvalue weighted by Crippen LogP contribution is 2.30. The van der Waals surface area contributed by atoms with Gasteiger partial charge in [-0.25, -0.2) is 9.97 Å². The van der Waals surface area contributed by atoms with Gasteiger partial charge in [0.1, 0.15) is 10.7 Å². The SMILES string of the molecule is Cc1nc(C2CCNCC2)sc1C(=O)NCCn1ccnc1C. The Hall–Kier alpha value is -1.73. The van der Waals surface area contributed by atoms with Crippen LogP contribution < -0.4 is 10.6 Å². The van der Waals surface area contributed by atoms with Gasteiger partial charge in [0.2, 0.25) is 0 Å². The minimum atomic E-state index is -0.0158. The first-order chi connectivity index (χ1) is 11.1. The number of aromatic nitrogens is 3. The number of thiazole rings is 1. The maximum absolute atomic E-state index is 12.4. The van der Waals surface area contributed by atoms with Crippen LogP contribution in [0.4, 0.5) is 0 Å². The van der Waals surface area contributed by atoms with E-state index >= 15 is 0 Å². The Morgan fingerprint density at radius 3 is 2.91 bits per heavy atom. The van der Waals surface area contributed by atoms with E-state index in [2.05, 4.69) is 20.6 Å². The molecule has 0 aliphatic carbocycles. The smallest absolute Gasteiger partial charge is 0.263 e. The van der Waals surface area contributed by atoms with Crippen molar-refractivity contribution in [2.45, 2.75) is 39.2 Å². The monoisotopic (exact) mass is 333 g/mol. The molecule has 3 heterocycles. The summed E-state index contributed by atoms with van der Waals surface area (Å²) in [7, 11) is 0. The maximum atomic E-state index is 12.4. The summed E-state index contributed by atoms with van der Waals surface area (Å²) in [6.45, 7) is 7.28. The Labute approximate surface area is 140 Å². The summed E-state index contributed by atoms with van der Waals surface area (Å²) >= 11 is 1.56. The summed E-state index contributed by atoms with van der Waals surface area (Å²) in [6.07, 6.45) is 5.91. The zero-order valence-electron chi connectivity index (χ0n) is 13.6. The van der Waals surface area contributed by atoms with Crippen LogP contribution in [0.5, 0.6) is 0 Å². The first-order valence-electron chi connectivity index (χ1n) is 8.09. The van der Waals surface area contributed by atoms with E-state index in [-0.39, 0.29) is 5.91 Å². The number of nitrogens with one attached hydrogen (secondary N) is 2. The van der Waals surface area contributed by atoms with Crippen molar-refractivity contribution >= 4 is 17.2 Å². The van der Waals surface area contributed by atoms with E-state index in [0.29, 0.717) is 12.5 Å². The van der Waals surface area contributed by atoms with Crippen molar-refractivity contribution < 1.29 is 4.79 Å². The normalized spacial score (nSPS) is 15.7. The lowest BCUT2D eigenvalue weighted by Crippen LogP contribution is -2.27. The van der Waals surface area contributed by atoms with Gasteiger partial charge in [0, 0.05) is 31.4 Å². The third-order valence-corrected chi connectivity index (χ3v) is 5.59. The van der Waals surface area contributed by atoms with Gasteiger partial charge in [-0.05, 0) is 39.8 Å². The molecule has 1 aliphatic rings. The minimum Gasteiger partial charge on any atom is -0.349 e. The molecule has 0 bridgehead atoms. The molecule has 0 spiro atoms. The van der Waals surface area contributed by atoms with Crippen LogP contribution in [-0.2, 0) is 6.54 Å². The molecular formula is C16H23N5OS. The Morgan fingerprint density at radius 2 is 2.22 bits per heavy atom. The standard InChI is InChI=1S/C16H23N5OS/c1-11-14(23-16(20-11)13-3-5-17-6-4-13)15(22)19-8-10-21-9-7-18-12(21)2/h7,9,13,17H,3-6,8,10H2,1-2H3,(H,19,22). The topological polar surface area (TPSA) is 71.8 Å². The van der Waals surface area contributed by atoms with Gasteiger partial charge in [0.25, 0.3) is 5.91 Å². The number of hydrogen-bond acceptors (Lipinski definition) is 5. The lowest BCUT2D eigenvalue weighted by atomic mass is 9.99. The first kappa shape index (κ1) is 16.1. The van der Waals surface area contributed by atoms with Gasteiger partial charge in [0.05, 0.1) is 10.7 Å². The van der Waals surface area contributed by atoms with Crippen molar-refractivity contribution in [2.75, 3.05) is 19.6 Å². The Kier molecular flexibility index (Phi) is 5.07. The zero-order valence-corrected chi connectivity index (χ0v) is 14.4. The summed E-state index contributed by atoms with van der Waals surface area (Å²) < 4.78 is 2.03. The molecule has 1 fully saturated rings. The highest BCUT2D eigenvalue weighted by Gasteiger charge is 2.22. The van der Waals surface area contributed by atoms with Crippen molar-refractivity contribution in [3.05, 3.63) is 33.8 Å². The number of amides is 1. The summed E-state index contributed by atoms with van der Waals surface area (Å²) in [5.74, 6) is 1.44. The van der Waals surface area contributed by atoms with Gasteiger partial charge in [0.15, 0.2) is 0 Å². The number of carbonyl (C=O) groups is 1. The molecule has 2 aromatic heterocycles. The van der Waals surface area contributed by atoms with Crippen LogP contribution in [0.3, 0.4) is 0 Å². The van der Waals surface area contributed by atoms with Crippen molar-refractivity contribution in [2.24, 2.45) is 0 Å². The van der Waals surface area contributed by atoms with Crippen LogP contribution >= 0.6 is 11.3 Å². The highest BCUT2D eigenvalue weighted by atomic mass is 32.1. The molecule has 0 atom stereocenters. The second-order valence-corrected chi connectivity index (χ2v) is 6.95. The number of imidazole rings is 1. The van der Waals surface area contributed by atoms with Crippen LogP contribution in [0, 0.1) is 13.8 Å². The summed E-state index contributed by atoms with van der Waals surface area (Å²) in [6, 6.07) is 0. The molecule has 1 aliphatic heterocycles. The zero-order chi connectivity index (χ0) is 16.2. The van der Waals surface area contributed by atoms with E-state index in [1.165, 1.54) is 0 Å². The third kappa shape index (κ3) is 3.79. The number of hydrogen-bond donors (Lipinski definition) is 2. The molecule has 1 amide bonds. The van der Waals surface area contributed by atoms with Gasteiger partial charge in [-0.15, -0.1) is 11.3 Å². The molecular weight excluding hydrogens is 310 g/mol. The number of carbonyl (C=O) groups excluding carboxylic acids is 1. The van der Waals surface area contributed by atoms with E-state index in [9.17, 15) is 4.79 Å². The molecule has 2 aromatic rings. The van der Waals surface area contributed by atoms with Gasteiger partial charge < -0.3 is 15.2 Å². The Balaban J connectivity index is 1.58. The minimum absolute atomic E-state index is 0.0158. The van der Waals surface area contributed by atoms with E-state index in [1.807, 2.05) is 24.6 Å². The maximum Gasteiger partial charge on any atom is 0.263 e. The fraction of sp³-hybridized carbons (Fsp3) is 0.562. The fourth-order valence-electron chi connectivity index (χ4n) is 2.88. The molecule has 23 heavy (non-hydrogen) atoms. The van der Waals surface area contributed by atoms with E-state index in [1.54, 1.807) is 17.5 Å². The number of piperidine rings is 1. The summed E-state index contributed by atoms with van der Waals surface area (Å²) in [4.78, 5) is 22.0. The van der Waals surface area contributed by atoms with Crippen molar-refractivity contribution in [3.63, 3.8) is 0 Å². The van der Waals surface area contributed by atoms with Crippen LogP contribution in [0.2, 0.25) is 0 Å². The predicted molar refractivity (Wildman–Crippen MR) is 91.0 cm³/mol. The van der Waals surface area contributed by atoms with Crippen LogP contribution in [-0.4, -0.2) is 40.1 Å². The Bertz CT molecular complexity index is 672. The second-order valence-electron chi connectivity index (χ2n) is 5.91. The number of aryl methyl sites for hydroxylation is 2. The molecule has 0 radical (unpaired) electrons. The predicted octanol–water partition coefficient (Wildman–Crippen LogP) is 1.85. The average molecular weight is 333 g/mol. The average Bonchev–Trinajstić information content (AvgIpc) is 3.14. The fourth-order valence-corrected chi connectivity index (χ4v) is 4.03. The lowest BCUT2D eigenvalue weighted by Gasteiger charge is -2.20. The van der Waals surface area contributed by atoms with E-state index < -0.39 is 0 Å². The van der Waals surface area contributed by atoms with Crippen molar-refractivity contribution in [1.82, 2.24) is 25.2 Å². The van der Waals surface area contributed by atoms with E-state index in [4.69, 9.17) is 0 Å². The summed E-state index contributed by atoms with van der Waals surface area (Å²) in [5.41, 5.74) is 0.847. The molecule has 0 aromatic carbocycles. The third-order valence-electron chi connectivity index (χ3n) is 4.27. The number of nitrogens with zero attached hydrogens (tertiary/aromatic N) is 3. The molecule has 0 saturated carbocycles. The second kappa shape index (κ2) is 7.23. The van der Waals surface area contributed by atoms with Crippen LogP contribution in [0.1, 0.15) is 45.0 Å². The molecule has 1 saturated heterocycles. The largest absolute Gasteiger partial charge is 0.349 e.